The van der Waals surface area contributed by atoms with Crippen LogP contribution >= 0.6 is 11.6 Å². The average molecular weight is 345 g/mol. The molecule has 0 amide bonds. The topological polar surface area (TPSA) is 48.2 Å². The van der Waals surface area contributed by atoms with Crippen LogP contribution in [0.4, 0.5) is 0 Å². The van der Waals surface area contributed by atoms with Crippen molar-refractivity contribution < 1.29 is 9.26 Å². The van der Waals surface area contributed by atoms with Crippen LogP contribution < -0.4 is 4.74 Å². The van der Waals surface area contributed by atoms with Gasteiger partial charge >= 0.3 is 0 Å². The highest BCUT2D eigenvalue weighted by Crippen LogP contribution is 2.60. The number of nitrogens with zero attached hydrogens (tertiary/aromatic N) is 2. The maximum absolute atomic E-state index is 6.14. The Morgan fingerprint density at radius 2 is 1.79 bits per heavy atom. The molecular weight excluding hydrogens is 324 g/mol. The highest BCUT2D eigenvalue weighted by Gasteiger charge is 2.53. The third-order valence-electron chi connectivity index (χ3n) is 6.33. The lowest BCUT2D eigenvalue weighted by atomic mass is 9.49. The summed E-state index contributed by atoms with van der Waals surface area (Å²) in [6, 6.07) is 5.48. The minimum atomic E-state index is 0.141. The quantitative estimate of drug-likeness (QED) is 0.797. The van der Waals surface area contributed by atoms with Gasteiger partial charge in [0.25, 0.3) is 5.89 Å². The third kappa shape index (κ3) is 2.19. The molecule has 4 aliphatic rings. The molecule has 0 spiro atoms. The average Bonchev–Trinajstić information content (AvgIpc) is 3.04. The van der Waals surface area contributed by atoms with Gasteiger partial charge in [0.2, 0.25) is 0 Å². The Morgan fingerprint density at radius 1 is 1.12 bits per heavy atom. The number of hydrogen-bond donors (Lipinski definition) is 0. The van der Waals surface area contributed by atoms with Gasteiger partial charge < -0.3 is 9.26 Å². The van der Waals surface area contributed by atoms with Crippen LogP contribution in [0.2, 0.25) is 5.02 Å². The molecule has 4 saturated carbocycles. The summed E-state index contributed by atoms with van der Waals surface area (Å²) in [6.45, 7) is 0. The van der Waals surface area contributed by atoms with E-state index in [0.717, 1.165) is 29.1 Å². The van der Waals surface area contributed by atoms with Crippen LogP contribution in [0.15, 0.2) is 22.7 Å². The van der Waals surface area contributed by atoms with E-state index in [2.05, 4.69) is 5.16 Å². The van der Waals surface area contributed by atoms with Crippen LogP contribution in [-0.2, 0) is 5.41 Å². The summed E-state index contributed by atoms with van der Waals surface area (Å²) < 4.78 is 11.1. The minimum Gasteiger partial charge on any atom is -0.496 e. The van der Waals surface area contributed by atoms with Gasteiger partial charge in [-0.3, -0.25) is 0 Å². The fourth-order valence-electron chi connectivity index (χ4n) is 5.78. The zero-order chi connectivity index (χ0) is 16.3. The van der Waals surface area contributed by atoms with Gasteiger partial charge in [-0.05, 0) is 74.5 Å². The molecule has 1 aromatic heterocycles. The molecule has 1 aromatic carbocycles. The van der Waals surface area contributed by atoms with Gasteiger partial charge in [0.05, 0.1) is 12.7 Å². The molecule has 0 N–H and O–H groups in total. The number of ether oxygens (including phenoxy) is 1. The Labute approximate surface area is 146 Å². The molecule has 4 fully saturated rings. The van der Waals surface area contributed by atoms with E-state index in [4.69, 9.17) is 25.8 Å². The maximum Gasteiger partial charge on any atom is 0.261 e. The standard InChI is InChI=1S/C19H21ClN2O2/c1-23-16-3-2-14(20)7-15(16)17-21-18(22-24-17)19-8-11-4-12(9-19)6-13(5-11)10-19/h2-3,7,11-13H,4-6,8-10H2,1H3. The number of rotatable bonds is 3. The number of benzene rings is 1. The van der Waals surface area contributed by atoms with E-state index in [1.807, 2.05) is 12.1 Å². The second kappa shape index (κ2) is 5.22. The monoisotopic (exact) mass is 344 g/mol. The first-order chi connectivity index (χ1) is 11.6. The van der Waals surface area contributed by atoms with E-state index in [1.165, 1.54) is 38.5 Å². The van der Waals surface area contributed by atoms with E-state index < -0.39 is 0 Å². The second-order valence-corrected chi connectivity index (χ2v) is 8.40. The first-order valence-electron chi connectivity index (χ1n) is 8.83. The fraction of sp³-hybridized carbons (Fsp3) is 0.579. The van der Waals surface area contributed by atoms with Crippen molar-refractivity contribution in [1.29, 1.82) is 0 Å². The summed E-state index contributed by atoms with van der Waals surface area (Å²) in [6.07, 6.45) is 7.91. The summed E-state index contributed by atoms with van der Waals surface area (Å²) in [7, 11) is 1.64. The summed E-state index contributed by atoms with van der Waals surface area (Å²) in [5.41, 5.74) is 0.913. The van der Waals surface area contributed by atoms with Crippen LogP contribution in [0.5, 0.6) is 5.75 Å². The minimum absolute atomic E-state index is 0.141. The van der Waals surface area contributed by atoms with Crippen molar-refractivity contribution in [2.75, 3.05) is 7.11 Å². The molecule has 0 atom stereocenters. The smallest absolute Gasteiger partial charge is 0.261 e. The predicted octanol–water partition coefficient (Wildman–Crippen LogP) is 4.87. The SMILES string of the molecule is COc1ccc(Cl)cc1-c1nc(C23CC4CC(CC(C4)C2)C3)no1. The van der Waals surface area contributed by atoms with Crippen molar-refractivity contribution in [2.24, 2.45) is 17.8 Å². The van der Waals surface area contributed by atoms with Crippen LogP contribution in [0.3, 0.4) is 0 Å². The first kappa shape index (κ1) is 14.8. The summed E-state index contributed by atoms with van der Waals surface area (Å²) in [5.74, 6) is 4.70. The van der Waals surface area contributed by atoms with Crippen LogP contribution in [0.25, 0.3) is 11.5 Å². The Morgan fingerprint density at radius 3 is 2.42 bits per heavy atom. The molecule has 2 aromatic rings. The van der Waals surface area contributed by atoms with Crippen LogP contribution in [0.1, 0.15) is 44.3 Å². The molecule has 4 nitrogen and oxygen atoms in total. The summed E-state index contributed by atoms with van der Waals surface area (Å²) >= 11 is 6.14. The molecule has 0 unspecified atom stereocenters. The Bertz CT molecular complexity index is 750. The highest BCUT2D eigenvalue weighted by molar-refractivity contribution is 6.30. The van der Waals surface area contributed by atoms with Crippen molar-refractivity contribution in [3.05, 3.63) is 29.0 Å². The zero-order valence-corrected chi connectivity index (χ0v) is 14.6. The molecule has 5 heteroatoms. The second-order valence-electron chi connectivity index (χ2n) is 7.97. The number of aromatic nitrogens is 2. The molecule has 4 bridgehead atoms. The van der Waals surface area contributed by atoms with Crippen molar-refractivity contribution in [1.82, 2.24) is 10.1 Å². The molecule has 4 aliphatic carbocycles. The molecular formula is C19H21ClN2O2. The molecule has 0 aliphatic heterocycles. The van der Waals surface area contributed by atoms with Gasteiger partial charge in [-0.2, -0.15) is 4.98 Å². The fourth-order valence-corrected chi connectivity index (χ4v) is 5.95. The molecule has 126 valence electrons. The molecule has 0 saturated heterocycles. The normalized spacial score (nSPS) is 33.8. The summed E-state index contributed by atoms with van der Waals surface area (Å²) in [5, 5.41) is 5.04. The van der Waals surface area contributed by atoms with Gasteiger partial charge in [0, 0.05) is 10.4 Å². The summed E-state index contributed by atoms with van der Waals surface area (Å²) in [4.78, 5) is 4.80. The lowest BCUT2D eigenvalue weighted by molar-refractivity contribution is -0.0103. The van der Waals surface area contributed by atoms with Gasteiger partial charge in [-0.1, -0.05) is 16.8 Å². The van der Waals surface area contributed by atoms with Gasteiger partial charge in [-0.25, -0.2) is 0 Å². The largest absolute Gasteiger partial charge is 0.496 e. The lowest BCUT2D eigenvalue weighted by Crippen LogP contribution is -2.49. The first-order valence-corrected chi connectivity index (χ1v) is 9.21. The van der Waals surface area contributed by atoms with Gasteiger partial charge in [-0.15, -0.1) is 0 Å². The number of methoxy groups -OCH3 is 1. The third-order valence-corrected chi connectivity index (χ3v) is 6.57. The Hall–Kier alpha value is -1.55. The molecule has 0 radical (unpaired) electrons. The van der Waals surface area contributed by atoms with Crippen LogP contribution in [0, 0.1) is 17.8 Å². The zero-order valence-electron chi connectivity index (χ0n) is 13.8. The van der Waals surface area contributed by atoms with E-state index in [-0.39, 0.29) is 5.41 Å². The molecule has 1 heterocycles. The van der Waals surface area contributed by atoms with Crippen LogP contribution in [-0.4, -0.2) is 17.3 Å². The van der Waals surface area contributed by atoms with Crippen molar-refractivity contribution in [2.45, 2.75) is 43.9 Å². The van der Waals surface area contributed by atoms with Gasteiger partial charge in [0.1, 0.15) is 5.75 Å². The predicted molar refractivity (Wildman–Crippen MR) is 91.1 cm³/mol. The van der Waals surface area contributed by atoms with Crippen molar-refractivity contribution in [3.63, 3.8) is 0 Å². The van der Waals surface area contributed by atoms with Crippen molar-refractivity contribution >= 4 is 11.6 Å². The number of hydrogen-bond acceptors (Lipinski definition) is 4. The van der Waals surface area contributed by atoms with Gasteiger partial charge in [0.15, 0.2) is 5.82 Å². The van der Waals surface area contributed by atoms with E-state index >= 15 is 0 Å². The highest BCUT2D eigenvalue weighted by atomic mass is 35.5. The van der Waals surface area contributed by atoms with E-state index in [1.54, 1.807) is 13.2 Å². The molecule has 6 rings (SSSR count). The van der Waals surface area contributed by atoms with E-state index in [0.29, 0.717) is 16.7 Å². The van der Waals surface area contributed by atoms with Crippen molar-refractivity contribution in [3.8, 4) is 17.2 Å². The lowest BCUT2D eigenvalue weighted by Gasteiger charge is -2.55. The number of halogens is 1. The van der Waals surface area contributed by atoms with E-state index in [9.17, 15) is 0 Å². The Balaban J connectivity index is 1.53. The maximum atomic E-state index is 6.14. The Kier molecular flexibility index (Phi) is 3.21. The molecule has 24 heavy (non-hydrogen) atoms.